The van der Waals surface area contributed by atoms with E-state index in [1.165, 1.54) is 6.42 Å². The van der Waals surface area contributed by atoms with E-state index in [-0.39, 0.29) is 0 Å². The Balaban J connectivity index is 1.98. The Hall–Kier alpha value is -0.990. The summed E-state index contributed by atoms with van der Waals surface area (Å²) in [6.45, 7) is 7.71. The van der Waals surface area contributed by atoms with Crippen LogP contribution in [0.25, 0.3) is 0 Å². The largest absolute Gasteiger partial charge is 0.353 e. The Morgan fingerprint density at radius 1 is 1.64 bits per heavy atom. The van der Waals surface area contributed by atoms with Gasteiger partial charge in [-0.15, -0.1) is 0 Å². The molecule has 1 N–H and O–H groups in total. The van der Waals surface area contributed by atoms with Crippen molar-refractivity contribution in [3.8, 4) is 0 Å². The molecule has 3 heteroatoms. The average Bonchev–Trinajstić information content (AvgIpc) is 2.58. The minimum absolute atomic E-state index is 0.452. The first-order valence-corrected chi connectivity index (χ1v) is 5.44. The van der Waals surface area contributed by atoms with Crippen molar-refractivity contribution in [2.45, 2.75) is 39.8 Å². The van der Waals surface area contributed by atoms with Gasteiger partial charge in [-0.05, 0) is 32.1 Å². The Labute approximate surface area is 85.5 Å². The van der Waals surface area contributed by atoms with Crippen LogP contribution in [0.15, 0.2) is 12.4 Å². The molecule has 78 valence electrons. The summed E-state index contributed by atoms with van der Waals surface area (Å²) < 4.78 is 2.23. The minimum atomic E-state index is 0.452. The molecule has 14 heavy (non-hydrogen) atoms. The van der Waals surface area contributed by atoms with Crippen LogP contribution in [0, 0.1) is 11.8 Å². The zero-order valence-corrected chi connectivity index (χ0v) is 9.20. The number of hydrogen-bond acceptors (Lipinski definition) is 2. The second kappa shape index (κ2) is 3.64. The van der Waals surface area contributed by atoms with Gasteiger partial charge in [0.05, 0.1) is 0 Å². The smallest absolute Gasteiger partial charge is 0.202 e. The molecule has 1 saturated carbocycles. The lowest BCUT2D eigenvalue weighted by Gasteiger charge is -2.11. The van der Waals surface area contributed by atoms with E-state index in [1.54, 1.807) is 0 Å². The van der Waals surface area contributed by atoms with Crippen molar-refractivity contribution >= 4 is 5.95 Å². The van der Waals surface area contributed by atoms with Crippen molar-refractivity contribution in [1.82, 2.24) is 9.55 Å². The molecular formula is C11H19N3. The van der Waals surface area contributed by atoms with E-state index in [4.69, 9.17) is 0 Å². The summed E-state index contributed by atoms with van der Waals surface area (Å²) in [5.74, 6) is 2.79. The van der Waals surface area contributed by atoms with Gasteiger partial charge in [0.25, 0.3) is 0 Å². The average molecular weight is 193 g/mol. The number of aromatic nitrogens is 2. The van der Waals surface area contributed by atoms with Crippen molar-refractivity contribution in [2.24, 2.45) is 11.8 Å². The van der Waals surface area contributed by atoms with Gasteiger partial charge in [0, 0.05) is 25.0 Å². The number of nitrogens with one attached hydrogen (secondary N) is 1. The monoisotopic (exact) mass is 193 g/mol. The van der Waals surface area contributed by atoms with Crippen LogP contribution in [0.3, 0.4) is 0 Å². The van der Waals surface area contributed by atoms with E-state index in [1.807, 2.05) is 6.20 Å². The highest BCUT2D eigenvalue weighted by Crippen LogP contribution is 2.39. The zero-order chi connectivity index (χ0) is 10.1. The molecule has 0 amide bonds. The number of anilines is 1. The second-order valence-corrected chi connectivity index (χ2v) is 4.68. The number of rotatable bonds is 4. The molecule has 2 unspecified atom stereocenters. The fraction of sp³-hybridized carbons (Fsp3) is 0.727. The fourth-order valence-electron chi connectivity index (χ4n) is 1.76. The van der Waals surface area contributed by atoms with Crippen molar-refractivity contribution in [3.05, 3.63) is 12.4 Å². The number of nitrogens with zero attached hydrogens (tertiary/aromatic N) is 2. The van der Waals surface area contributed by atoms with E-state index >= 15 is 0 Å². The summed E-state index contributed by atoms with van der Waals surface area (Å²) in [5, 5.41) is 3.35. The van der Waals surface area contributed by atoms with Gasteiger partial charge < -0.3 is 9.88 Å². The molecule has 1 aromatic heterocycles. The van der Waals surface area contributed by atoms with Gasteiger partial charge in [-0.3, -0.25) is 0 Å². The second-order valence-electron chi connectivity index (χ2n) is 4.68. The molecule has 0 saturated heterocycles. The van der Waals surface area contributed by atoms with Crippen LogP contribution in [-0.4, -0.2) is 15.6 Å². The molecule has 1 fully saturated rings. The fourth-order valence-corrected chi connectivity index (χ4v) is 1.76. The maximum Gasteiger partial charge on any atom is 0.202 e. The molecule has 0 spiro atoms. The summed E-state index contributed by atoms with van der Waals surface area (Å²) in [6.07, 6.45) is 5.31. The molecule has 0 aliphatic heterocycles. The maximum atomic E-state index is 4.31. The third-order valence-electron chi connectivity index (χ3n) is 2.84. The summed E-state index contributed by atoms with van der Waals surface area (Å²) >= 11 is 0. The molecular weight excluding hydrogens is 174 g/mol. The van der Waals surface area contributed by atoms with E-state index in [9.17, 15) is 0 Å². The highest BCUT2D eigenvalue weighted by molar-refractivity contribution is 5.27. The standard InChI is InChI=1S/C11H19N3/c1-8(2)13-11-12-4-5-14(11)7-10-6-9(10)3/h4-5,8-10H,6-7H2,1-3H3,(H,12,13). The molecule has 0 bridgehead atoms. The summed E-state index contributed by atoms with van der Waals surface area (Å²) in [7, 11) is 0. The molecule has 0 aromatic carbocycles. The van der Waals surface area contributed by atoms with Gasteiger partial charge in [0.2, 0.25) is 5.95 Å². The first-order chi connectivity index (χ1) is 6.66. The Kier molecular flexibility index (Phi) is 2.48. The quantitative estimate of drug-likeness (QED) is 0.795. The Bertz CT molecular complexity index is 303. The first-order valence-electron chi connectivity index (χ1n) is 5.44. The maximum absolute atomic E-state index is 4.31. The molecule has 3 nitrogen and oxygen atoms in total. The van der Waals surface area contributed by atoms with Crippen molar-refractivity contribution < 1.29 is 0 Å². The van der Waals surface area contributed by atoms with Crippen molar-refractivity contribution in [1.29, 1.82) is 0 Å². The van der Waals surface area contributed by atoms with Crippen LogP contribution in [0.5, 0.6) is 0 Å². The van der Waals surface area contributed by atoms with Crippen molar-refractivity contribution in [2.75, 3.05) is 5.32 Å². The normalized spacial score (nSPS) is 25.4. The number of hydrogen-bond donors (Lipinski definition) is 1. The highest BCUT2D eigenvalue weighted by atomic mass is 15.2. The van der Waals surface area contributed by atoms with Crippen LogP contribution in [0.2, 0.25) is 0 Å². The van der Waals surface area contributed by atoms with Crippen LogP contribution in [0.1, 0.15) is 27.2 Å². The first kappa shape index (κ1) is 9.56. The summed E-state index contributed by atoms with van der Waals surface area (Å²) in [4.78, 5) is 4.31. The minimum Gasteiger partial charge on any atom is -0.353 e. The molecule has 0 radical (unpaired) electrons. The molecule has 2 atom stereocenters. The third kappa shape index (κ3) is 2.08. The van der Waals surface area contributed by atoms with Gasteiger partial charge in [0.15, 0.2) is 0 Å². The molecule has 1 aromatic rings. The zero-order valence-electron chi connectivity index (χ0n) is 9.20. The molecule has 1 aliphatic rings. The van der Waals surface area contributed by atoms with E-state index in [0.717, 1.165) is 24.3 Å². The van der Waals surface area contributed by atoms with Gasteiger partial charge in [0.1, 0.15) is 0 Å². The lowest BCUT2D eigenvalue weighted by atomic mass is 10.3. The van der Waals surface area contributed by atoms with Crippen LogP contribution >= 0.6 is 0 Å². The lowest BCUT2D eigenvalue weighted by Crippen LogP contribution is -2.15. The molecule has 1 heterocycles. The molecule has 1 aliphatic carbocycles. The third-order valence-corrected chi connectivity index (χ3v) is 2.84. The highest BCUT2D eigenvalue weighted by Gasteiger charge is 2.32. The van der Waals surface area contributed by atoms with E-state index in [2.05, 4.69) is 41.8 Å². The van der Waals surface area contributed by atoms with Crippen LogP contribution < -0.4 is 5.32 Å². The van der Waals surface area contributed by atoms with Gasteiger partial charge >= 0.3 is 0 Å². The van der Waals surface area contributed by atoms with Gasteiger partial charge in [-0.2, -0.15) is 0 Å². The topological polar surface area (TPSA) is 29.9 Å². The number of imidazole rings is 1. The van der Waals surface area contributed by atoms with E-state index < -0.39 is 0 Å². The Morgan fingerprint density at radius 2 is 2.36 bits per heavy atom. The van der Waals surface area contributed by atoms with Crippen LogP contribution in [0.4, 0.5) is 5.95 Å². The van der Waals surface area contributed by atoms with Gasteiger partial charge in [-0.1, -0.05) is 6.92 Å². The summed E-state index contributed by atoms with van der Waals surface area (Å²) in [6, 6.07) is 0.452. The molecule has 2 rings (SSSR count). The van der Waals surface area contributed by atoms with E-state index in [0.29, 0.717) is 6.04 Å². The van der Waals surface area contributed by atoms with Gasteiger partial charge in [-0.25, -0.2) is 4.98 Å². The van der Waals surface area contributed by atoms with Crippen LogP contribution in [-0.2, 0) is 6.54 Å². The SMILES string of the molecule is CC(C)Nc1nccn1CC1CC1C. The predicted molar refractivity (Wildman–Crippen MR) is 58.3 cm³/mol. The lowest BCUT2D eigenvalue weighted by molar-refractivity contribution is 0.594. The summed E-state index contributed by atoms with van der Waals surface area (Å²) in [5.41, 5.74) is 0. The Morgan fingerprint density at radius 3 is 2.93 bits per heavy atom. The van der Waals surface area contributed by atoms with Crippen molar-refractivity contribution in [3.63, 3.8) is 0 Å². The predicted octanol–water partition coefficient (Wildman–Crippen LogP) is 2.36.